The van der Waals surface area contributed by atoms with Crippen molar-refractivity contribution >= 4 is 17.0 Å². The van der Waals surface area contributed by atoms with E-state index in [9.17, 15) is 4.79 Å². The number of aryl methyl sites for hydroxylation is 2. The molecule has 7 nitrogen and oxygen atoms in total. The molecule has 7 heteroatoms. The third kappa shape index (κ3) is 4.33. The standard InChI is InChI=1S/C28H36N6O/c1-7-24-27-14-25(30-34(27)15-20(4)29-24)23-13-28(35)33-17-22(32-11-10-31(6)21(5)16-32)12-19(3)26(33)9-8-18(23)2/h9,12-15,17-18,21H,7-8,10-11,16H2,1-6H3. The first-order valence-corrected chi connectivity index (χ1v) is 12.7. The maximum Gasteiger partial charge on any atom is 0.255 e. The Bertz CT molecular complexity index is 1300. The number of likely N-dealkylation sites (N-methyl/N-ethyl adjacent to an activating group) is 1. The second kappa shape index (κ2) is 9.11. The Kier molecular flexibility index (Phi) is 6.13. The van der Waals surface area contributed by atoms with Crippen molar-refractivity contribution in [1.82, 2.24) is 29.3 Å². The maximum atomic E-state index is 13.7. The summed E-state index contributed by atoms with van der Waals surface area (Å²) in [4.78, 5) is 25.0. The average Bonchev–Trinajstić information content (AvgIpc) is 3.24. The summed E-state index contributed by atoms with van der Waals surface area (Å²) in [6.07, 6.45) is 11.9. The van der Waals surface area contributed by atoms with Crippen LogP contribution in [0.25, 0.3) is 11.1 Å². The van der Waals surface area contributed by atoms with E-state index in [1.54, 1.807) is 6.08 Å². The summed E-state index contributed by atoms with van der Waals surface area (Å²) in [6.45, 7) is 13.6. The van der Waals surface area contributed by atoms with E-state index in [2.05, 4.69) is 67.7 Å². The van der Waals surface area contributed by atoms with Crippen LogP contribution in [0.5, 0.6) is 0 Å². The van der Waals surface area contributed by atoms with Crippen molar-refractivity contribution in [2.75, 3.05) is 26.7 Å². The lowest BCUT2D eigenvalue weighted by Crippen LogP contribution is -2.49. The predicted octanol–water partition coefficient (Wildman–Crippen LogP) is 4.17. The molecule has 35 heavy (non-hydrogen) atoms. The molecule has 0 saturated carbocycles. The Morgan fingerprint density at radius 3 is 2.69 bits per heavy atom. The zero-order chi connectivity index (χ0) is 24.9. The van der Waals surface area contributed by atoms with E-state index < -0.39 is 0 Å². The molecule has 0 N–H and O–H groups in total. The van der Waals surface area contributed by atoms with Gasteiger partial charge < -0.3 is 9.80 Å². The average molecular weight is 473 g/mol. The summed E-state index contributed by atoms with van der Waals surface area (Å²) in [5.41, 5.74) is 8.05. The Morgan fingerprint density at radius 2 is 1.94 bits per heavy atom. The molecule has 2 unspecified atom stereocenters. The van der Waals surface area contributed by atoms with Gasteiger partial charge in [0.05, 0.1) is 34.5 Å². The van der Waals surface area contributed by atoms with Crippen molar-refractivity contribution in [3.63, 3.8) is 0 Å². The van der Waals surface area contributed by atoms with E-state index in [0.29, 0.717) is 6.04 Å². The Morgan fingerprint density at radius 1 is 1.14 bits per heavy atom. The van der Waals surface area contributed by atoms with E-state index in [4.69, 9.17) is 5.10 Å². The van der Waals surface area contributed by atoms with Crippen LogP contribution in [-0.2, 0) is 11.2 Å². The molecule has 184 valence electrons. The Labute approximate surface area is 208 Å². The minimum absolute atomic E-state index is 0.0213. The predicted molar refractivity (Wildman–Crippen MR) is 139 cm³/mol. The van der Waals surface area contributed by atoms with Gasteiger partial charge in [-0.25, -0.2) is 4.52 Å². The number of piperazine rings is 1. The number of hydrogen-bond acceptors (Lipinski definition) is 5. The smallest absolute Gasteiger partial charge is 0.255 e. The lowest BCUT2D eigenvalue weighted by molar-refractivity contribution is -0.122. The summed E-state index contributed by atoms with van der Waals surface area (Å²) in [7, 11) is 2.18. The first-order valence-electron chi connectivity index (χ1n) is 12.7. The van der Waals surface area contributed by atoms with Gasteiger partial charge in [-0.2, -0.15) is 5.10 Å². The summed E-state index contributed by atoms with van der Waals surface area (Å²) >= 11 is 0. The molecule has 3 aliphatic heterocycles. The van der Waals surface area contributed by atoms with Crippen molar-refractivity contribution < 1.29 is 4.79 Å². The minimum atomic E-state index is -0.0213. The molecule has 5 rings (SSSR count). The lowest BCUT2D eigenvalue weighted by atomic mass is 9.91. The van der Waals surface area contributed by atoms with Gasteiger partial charge in [0.15, 0.2) is 0 Å². The fourth-order valence-corrected chi connectivity index (χ4v) is 5.29. The number of carbonyl (C=O) groups excluding carboxylic acids is 1. The number of hydrogen-bond donors (Lipinski definition) is 0. The van der Waals surface area contributed by atoms with Gasteiger partial charge in [0.2, 0.25) is 0 Å². The van der Waals surface area contributed by atoms with Crippen LogP contribution in [0.3, 0.4) is 0 Å². The van der Waals surface area contributed by atoms with Crippen molar-refractivity contribution in [1.29, 1.82) is 0 Å². The van der Waals surface area contributed by atoms with Gasteiger partial charge in [-0.3, -0.25) is 14.7 Å². The number of rotatable bonds is 3. The van der Waals surface area contributed by atoms with Crippen LogP contribution in [0, 0.1) is 12.8 Å². The van der Waals surface area contributed by atoms with Gasteiger partial charge in [-0.15, -0.1) is 0 Å². The molecule has 2 aromatic rings. The molecule has 1 saturated heterocycles. The van der Waals surface area contributed by atoms with Crippen molar-refractivity contribution in [2.45, 2.75) is 53.5 Å². The zero-order valence-electron chi connectivity index (χ0n) is 21.7. The van der Waals surface area contributed by atoms with E-state index in [1.165, 1.54) is 0 Å². The van der Waals surface area contributed by atoms with Crippen LogP contribution in [0.15, 0.2) is 53.7 Å². The highest BCUT2D eigenvalue weighted by atomic mass is 16.2. The van der Waals surface area contributed by atoms with Crippen LogP contribution in [0.2, 0.25) is 0 Å². The van der Waals surface area contributed by atoms with Gasteiger partial charge in [0.25, 0.3) is 5.91 Å². The molecule has 3 aliphatic rings. The van der Waals surface area contributed by atoms with Gasteiger partial charge >= 0.3 is 0 Å². The number of aromatic nitrogens is 3. The second-order valence-electron chi connectivity index (χ2n) is 10.2. The fourth-order valence-electron chi connectivity index (χ4n) is 5.29. The molecule has 2 atom stereocenters. The van der Waals surface area contributed by atoms with Crippen LogP contribution < -0.4 is 0 Å². The van der Waals surface area contributed by atoms with Crippen LogP contribution >= 0.6 is 0 Å². The van der Waals surface area contributed by atoms with Crippen LogP contribution in [-0.4, -0.2) is 67.9 Å². The van der Waals surface area contributed by atoms with Gasteiger partial charge in [-0.05, 0) is 69.9 Å². The molecular weight excluding hydrogens is 436 g/mol. The quantitative estimate of drug-likeness (QED) is 0.671. The zero-order valence-corrected chi connectivity index (χ0v) is 21.7. The monoisotopic (exact) mass is 472 g/mol. The largest absolute Gasteiger partial charge is 0.367 e. The molecular formula is C28H36N6O. The normalized spacial score (nSPS) is 23.9. The number of carbonyl (C=O) groups is 1. The van der Waals surface area contributed by atoms with E-state index in [-0.39, 0.29) is 11.8 Å². The second-order valence-corrected chi connectivity index (χ2v) is 10.2. The minimum Gasteiger partial charge on any atom is -0.367 e. The maximum absolute atomic E-state index is 13.7. The molecule has 0 aliphatic carbocycles. The highest BCUT2D eigenvalue weighted by Crippen LogP contribution is 2.34. The summed E-state index contributed by atoms with van der Waals surface area (Å²) < 4.78 is 1.91. The Hall–Kier alpha value is -3.19. The molecule has 0 aromatic carbocycles. The number of nitrogens with zero attached hydrogens (tertiary/aromatic N) is 6. The molecule has 5 heterocycles. The van der Waals surface area contributed by atoms with Crippen LogP contribution in [0.1, 0.15) is 51.2 Å². The summed E-state index contributed by atoms with van der Waals surface area (Å²) in [5, 5.41) is 4.86. The van der Waals surface area contributed by atoms with Crippen molar-refractivity contribution in [3.05, 3.63) is 70.7 Å². The van der Waals surface area contributed by atoms with Gasteiger partial charge in [-0.1, -0.05) is 19.9 Å². The highest BCUT2D eigenvalue weighted by molar-refractivity contribution is 5.98. The number of amides is 1. The number of fused-ring (bicyclic) bond motifs is 2. The van der Waals surface area contributed by atoms with Crippen molar-refractivity contribution in [3.8, 4) is 0 Å². The fraction of sp³-hybridized carbons (Fsp3) is 0.464. The summed E-state index contributed by atoms with van der Waals surface area (Å²) in [6, 6.07) is 2.56. The third-order valence-electron chi connectivity index (χ3n) is 7.61. The first kappa shape index (κ1) is 23.5. The molecule has 0 radical (unpaired) electrons. The van der Waals surface area contributed by atoms with Gasteiger partial charge in [0.1, 0.15) is 0 Å². The van der Waals surface area contributed by atoms with E-state index in [1.807, 2.05) is 28.7 Å². The highest BCUT2D eigenvalue weighted by Gasteiger charge is 2.29. The van der Waals surface area contributed by atoms with Gasteiger partial charge in [0, 0.05) is 43.6 Å². The topological polar surface area (TPSA) is 57.0 Å². The van der Waals surface area contributed by atoms with E-state index >= 15 is 0 Å². The molecule has 0 spiro atoms. The van der Waals surface area contributed by atoms with Crippen molar-refractivity contribution in [2.24, 2.45) is 5.92 Å². The van der Waals surface area contributed by atoms with E-state index in [0.717, 1.165) is 77.6 Å². The Balaban J connectivity index is 1.51. The van der Waals surface area contributed by atoms with Crippen LogP contribution in [0.4, 0.5) is 0 Å². The molecule has 0 bridgehead atoms. The molecule has 2 aromatic heterocycles. The molecule has 1 fully saturated rings. The lowest BCUT2D eigenvalue weighted by Gasteiger charge is -2.41. The number of allylic oxidation sites excluding steroid dienone is 4. The molecule has 1 amide bonds. The first-order chi connectivity index (χ1) is 16.7. The summed E-state index contributed by atoms with van der Waals surface area (Å²) in [5.74, 6) is 0.154. The third-order valence-corrected chi connectivity index (χ3v) is 7.61. The SMILES string of the molecule is CCc1nc(C)cn2nc(C3=CC(=O)N4C=C(N5CCN(C)C(C)C5)C=C(C)C4=CCC3C)cc12.